The highest BCUT2D eigenvalue weighted by Crippen LogP contribution is 2.40. The molecule has 2 heterocycles. The molecule has 3 atom stereocenters. The highest BCUT2D eigenvalue weighted by Gasteiger charge is 2.51. The Bertz CT molecular complexity index is 1210. The summed E-state index contributed by atoms with van der Waals surface area (Å²) in [6.07, 6.45) is -3.49. The molecule has 1 unspecified atom stereocenters. The standard InChI is InChI=1S/C23H21F5N4O4/c1-14-22(10-31-13-29-12-30-31,18-7-4-16(24)8-19(18)25)36-20(33)9-32(14)21(34)15-2-5-17(6-3-15)35-11-23(26,27)28/h2-8,12-14,20,33H,9-11H2,1H3/t14-,20?,22-/m1/s1. The third-order valence-electron chi connectivity index (χ3n) is 5.86. The summed E-state index contributed by atoms with van der Waals surface area (Å²) < 4.78 is 77.7. The lowest BCUT2D eigenvalue weighted by Crippen LogP contribution is -2.63. The number of aromatic nitrogens is 3. The number of hydrogen-bond acceptors (Lipinski definition) is 6. The average Bonchev–Trinajstić information content (AvgIpc) is 3.32. The SMILES string of the molecule is C[C@H]1N(C(=O)c2ccc(OCC(F)(F)F)cc2)CC(O)O[C@@]1(Cn1cncn1)c1ccc(F)cc1F. The normalized spacial score (nSPS) is 22.5. The summed E-state index contributed by atoms with van der Waals surface area (Å²) in [5, 5.41) is 14.6. The fraction of sp³-hybridized carbons (Fsp3) is 0.348. The van der Waals surface area contributed by atoms with E-state index in [2.05, 4.69) is 14.8 Å². The van der Waals surface area contributed by atoms with E-state index in [1.54, 1.807) is 6.92 Å². The molecule has 1 aliphatic heterocycles. The van der Waals surface area contributed by atoms with Gasteiger partial charge in [-0.2, -0.15) is 18.3 Å². The quantitative estimate of drug-likeness (QED) is 0.510. The summed E-state index contributed by atoms with van der Waals surface area (Å²) in [4.78, 5) is 18.5. The first-order valence-electron chi connectivity index (χ1n) is 10.7. The van der Waals surface area contributed by atoms with Gasteiger partial charge in [0.15, 0.2) is 12.9 Å². The molecule has 1 saturated heterocycles. The summed E-state index contributed by atoms with van der Waals surface area (Å²) in [5.41, 5.74) is -1.72. The van der Waals surface area contributed by atoms with Crippen molar-refractivity contribution >= 4 is 5.91 Å². The zero-order valence-electron chi connectivity index (χ0n) is 18.8. The first kappa shape index (κ1) is 25.5. The van der Waals surface area contributed by atoms with Crippen LogP contribution in [0.5, 0.6) is 5.75 Å². The molecule has 0 aliphatic carbocycles. The van der Waals surface area contributed by atoms with E-state index in [-0.39, 0.29) is 30.0 Å². The van der Waals surface area contributed by atoms with Gasteiger partial charge < -0.3 is 19.5 Å². The molecule has 0 radical (unpaired) electrons. The predicted molar refractivity (Wildman–Crippen MR) is 114 cm³/mol. The van der Waals surface area contributed by atoms with Crippen molar-refractivity contribution in [2.75, 3.05) is 13.2 Å². The van der Waals surface area contributed by atoms with E-state index in [9.17, 15) is 27.5 Å². The van der Waals surface area contributed by atoms with E-state index in [1.165, 1.54) is 52.6 Å². The number of β-amino-alcohol motifs (C(OH)–C–C–N with tert-alkyl or cyclic N) is 1. The van der Waals surface area contributed by atoms with Crippen molar-refractivity contribution in [1.82, 2.24) is 19.7 Å². The molecule has 13 heteroatoms. The lowest BCUT2D eigenvalue weighted by atomic mass is 9.83. The molecule has 1 N–H and O–H groups in total. The molecule has 36 heavy (non-hydrogen) atoms. The number of rotatable bonds is 6. The number of morpholine rings is 1. The van der Waals surface area contributed by atoms with Crippen LogP contribution in [0.15, 0.2) is 55.1 Å². The number of aliphatic hydroxyl groups is 1. The molecule has 192 valence electrons. The summed E-state index contributed by atoms with van der Waals surface area (Å²) in [5.74, 6) is -2.46. The minimum atomic E-state index is -4.52. The van der Waals surface area contributed by atoms with Gasteiger partial charge in [-0.1, -0.05) is 6.07 Å². The van der Waals surface area contributed by atoms with Gasteiger partial charge in [-0.3, -0.25) is 4.79 Å². The van der Waals surface area contributed by atoms with Gasteiger partial charge in [-0.25, -0.2) is 18.4 Å². The van der Waals surface area contributed by atoms with Crippen LogP contribution in [-0.4, -0.2) is 62.3 Å². The van der Waals surface area contributed by atoms with Crippen molar-refractivity contribution in [1.29, 1.82) is 0 Å². The maximum absolute atomic E-state index is 15.0. The van der Waals surface area contributed by atoms with E-state index in [0.717, 1.165) is 6.07 Å². The molecule has 1 fully saturated rings. The van der Waals surface area contributed by atoms with Crippen molar-refractivity contribution in [3.8, 4) is 5.75 Å². The molecule has 0 bridgehead atoms. The van der Waals surface area contributed by atoms with Crippen LogP contribution in [0.1, 0.15) is 22.8 Å². The van der Waals surface area contributed by atoms with E-state index >= 15 is 4.39 Å². The van der Waals surface area contributed by atoms with Crippen LogP contribution in [0.3, 0.4) is 0 Å². The monoisotopic (exact) mass is 512 g/mol. The fourth-order valence-corrected chi connectivity index (χ4v) is 4.17. The second-order valence-electron chi connectivity index (χ2n) is 8.24. The first-order valence-corrected chi connectivity index (χ1v) is 10.7. The number of carbonyl (C=O) groups excluding carboxylic acids is 1. The third kappa shape index (κ3) is 5.31. The Morgan fingerprint density at radius 3 is 2.56 bits per heavy atom. The Kier molecular flexibility index (Phi) is 6.96. The molecular weight excluding hydrogens is 491 g/mol. The van der Waals surface area contributed by atoms with E-state index in [0.29, 0.717) is 6.07 Å². The molecular formula is C23H21F5N4O4. The Morgan fingerprint density at radius 1 is 1.22 bits per heavy atom. The van der Waals surface area contributed by atoms with Gasteiger partial charge >= 0.3 is 6.18 Å². The Morgan fingerprint density at radius 2 is 1.94 bits per heavy atom. The fourth-order valence-electron chi connectivity index (χ4n) is 4.17. The predicted octanol–water partition coefficient (Wildman–Crippen LogP) is 3.27. The van der Waals surface area contributed by atoms with Crippen molar-refractivity contribution in [2.45, 2.75) is 37.6 Å². The summed E-state index contributed by atoms with van der Waals surface area (Å²) in [6.45, 7) is -0.374. The van der Waals surface area contributed by atoms with Crippen LogP contribution in [0.4, 0.5) is 22.0 Å². The first-order chi connectivity index (χ1) is 17.0. The van der Waals surface area contributed by atoms with Crippen molar-refractivity contribution < 1.29 is 41.3 Å². The van der Waals surface area contributed by atoms with Gasteiger partial charge in [0, 0.05) is 17.2 Å². The van der Waals surface area contributed by atoms with Crippen LogP contribution in [0.2, 0.25) is 0 Å². The van der Waals surface area contributed by atoms with E-state index in [1.807, 2.05) is 0 Å². The number of nitrogens with zero attached hydrogens (tertiary/aromatic N) is 4. The molecule has 1 amide bonds. The Hall–Kier alpha value is -3.58. The van der Waals surface area contributed by atoms with E-state index < -0.39 is 48.3 Å². The van der Waals surface area contributed by atoms with E-state index in [4.69, 9.17) is 4.74 Å². The average molecular weight is 512 g/mol. The smallest absolute Gasteiger partial charge is 0.422 e. The Labute approximate surface area is 201 Å². The van der Waals surface area contributed by atoms with Crippen LogP contribution in [-0.2, 0) is 16.9 Å². The number of ether oxygens (including phenoxy) is 2. The van der Waals surface area contributed by atoms with Gasteiger partial charge in [0.25, 0.3) is 5.91 Å². The summed E-state index contributed by atoms with van der Waals surface area (Å²) >= 11 is 0. The molecule has 8 nitrogen and oxygen atoms in total. The highest BCUT2D eigenvalue weighted by molar-refractivity contribution is 5.94. The van der Waals surface area contributed by atoms with Gasteiger partial charge in [-0.15, -0.1) is 0 Å². The lowest BCUT2D eigenvalue weighted by Gasteiger charge is -2.50. The second kappa shape index (κ2) is 9.82. The maximum atomic E-state index is 15.0. The van der Waals surface area contributed by atoms with Crippen LogP contribution in [0.25, 0.3) is 0 Å². The number of alkyl halides is 3. The minimum Gasteiger partial charge on any atom is -0.484 e. The van der Waals surface area contributed by atoms with Crippen molar-refractivity contribution in [3.63, 3.8) is 0 Å². The Balaban J connectivity index is 1.67. The number of aliphatic hydroxyl groups excluding tert-OH is 1. The number of amides is 1. The van der Waals surface area contributed by atoms with Crippen LogP contribution in [0, 0.1) is 11.6 Å². The van der Waals surface area contributed by atoms with Crippen LogP contribution >= 0.6 is 0 Å². The largest absolute Gasteiger partial charge is 0.484 e. The molecule has 1 aliphatic rings. The molecule has 4 rings (SSSR count). The lowest BCUT2D eigenvalue weighted by molar-refractivity contribution is -0.255. The summed E-state index contributed by atoms with van der Waals surface area (Å²) in [7, 11) is 0. The third-order valence-corrected chi connectivity index (χ3v) is 5.86. The van der Waals surface area contributed by atoms with Gasteiger partial charge in [0.1, 0.15) is 35.6 Å². The zero-order valence-corrected chi connectivity index (χ0v) is 18.8. The molecule has 3 aromatic rings. The number of hydrogen-bond donors (Lipinski definition) is 1. The zero-order chi connectivity index (χ0) is 26.1. The highest BCUT2D eigenvalue weighted by atomic mass is 19.4. The van der Waals surface area contributed by atoms with Crippen molar-refractivity contribution in [2.24, 2.45) is 0 Å². The van der Waals surface area contributed by atoms with Gasteiger partial charge in [-0.05, 0) is 37.3 Å². The number of halogens is 5. The topological polar surface area (TPSA) is 89.7 Å². The van der Waals surface area contributed by atoms with Gasteiger partial charge in [0.05, 0.1) is 19.1 Å². The molecule has 0 saturated carbocycles. The maximum Gasteiger partial charge on any atom is 0.422 e. The van der Waals surface area contributed by atoms with Gasteiger partial charge in [0.2, 0.25) is 0 Å². The molecule has 0 spiro atoms. The molecule has 1 aromatic heterocycles. The van der Waals surface area contributed by atoms with Crippen LogP contribution < -0.4 is 4.74 Å². The molecule has 2 aromatic carbocycles. The van der Waals surface area contributed by atoms with Crippen molar-refractivity contribution in [3.05, 3.63) is 77.9 Å². The summed E-state index contributed by atoms with van der Waals surface area (Å²) in [6, 6.07) is 6.93. The number of carbonyl (C=O) groups is 1. The second-order valence-corrected chi connectivity index (χ2v) is 8.24. The minimum absolute atomic E-state index is 0.0875. The number of benzene rings is 2.